The van der Waals surface area contributed by atoms with Crippen molar-refractivity contribution >= 4 is 16.7 Å². The Morgan fingerprint density at radius 2 is 2.19 bits per heavy atom. The fraction of sp³-hybridized carbons (Fsp3) is 0.200. The van der Waals surface area contributed by atoms with Crippen LogP contribution in [0.2, 0.25) is 0 Å². The van der Waals surface area contributed by atoms with Crippen LogP contribution in [0.4, 0.5) is 5.69 Å². The van der Waals surface area contributed by atoms with Crippen LogP contribution >= 0.6 is 0 Å². The van der Waals surface area contributed by atoms with E-state index in [0.717, 1.165) is 0 Å². The summed E-state index contributed by atoms with van der Waals surface area (Å²) in [6.45, 7) is -0.456. The maximum Gasteiger partial charge on any atom is 0.270 e. The van der Waals surface area contributed by atoms with Crippen molar-refractivity contribution in [3.05, 3.63) is 40.1 Å². The molecular weight excluding hydrogens is 214 g/mol. The van der Waals surface area contributed by atoms with Crippen LogP contribution in [0.5, 0.6) is 0 Å². The van der Waals surface area contributed by atoms with E-state index < -0.39 is 17.6 Å². The van der Waals surface area contributed by atoms with Crippen LogP contribution in [0.15, 0.2) is 28.7 Å². The zero-order valence-electron chi connectivity index (χ0n) is 8.16. The van der Waals surface area contributed by atoms with E-state index in [-0.39, 0.29) is 11.4 Å². The van der Waals surface area contributed by atoms with E-state index in [1.807, 2.05) is 0 Å². The van der Waals surface area contributed by atoms with Crippen molar-refractivity contribution < 1.29 is 19.6 Å². The van der Waals surface area contributed by atoms with Crippen LogP contribution in [0.3, 0.4) is 0 Å². The van der Waals surface area contributed by atoms with E-state index in [1.165, 1.54) is 24.3 Å². The Bertz CT molecular complexity index is 533. The molecule has 2 N–H and O–H groups in total. The molecule has 0 aliphatic carbocycles. The van der Waals surface area contributed by atoms with Crippen LogP contribution in [0.1, 0.15) is 11.9 Å². The molecule has 0 saturated heterocycles. The van der Waals surface area contributed by atoms with Gasteiger partial charge in [-0.05, 0) is 12.1 Å². The first-order valence-corrected chi connectivity index (χ1v) is 4.58. The Hall–Kier alpha value is -1.92. The van der Waals surface area contributed by atoms with Gasteiger partial charge in [0.15, 0.2) is 0 Å². The molecule has 1 aromatic heterocycles. The molecule has 1 atom stereocenters. The fourth-order valence-electron chi connectivity index (χ4n) is 1.42. The Balaban J connectivity index is 2.49. The van der Waals surface area contributed by atoms with Gasteiger partial charge in [-0.1, -0.05) is 0 Å². The zero-order valence-corrected chi connectivity index (χ0v) is 8.16. The minimum Gasteiger partial charge on any atom is -0.458 e. The molecule has 16 heavy (non-hydrogen) atoms. The first-order chi connectivity index (χ1) is 7.61. The number of hydrogen-bond donors (Lipinski definition) is 2. The van der Waals surface area contributed by atoms with Crippen molar-refractivity contribution in [1.29, 1.82) is 0 Å². The largest absolute Gasteiger partial charge is 0.458 e. The first-order valence-electron chi connectivity index (χ1n) is 4.58. The second-order valence-electron chi connectivity index (χ2n) is 3.33. The molecule has 6 heteroatoms. The number of nitro benzene ring substituents is 1. The molecule has 2 rings (SSSR count). The third-order valence-corrected chi connectivity index (χ3v) is 2.23. The van der Waals surface area contributed by atoms with Gasteiger partial charge >= 0.3 is 0 Å². The number of nitrogens with zero attached hydrogens (tertiary/aromatic N) is 1. The van der Waals surface area contributed by atoms with Crippen molar-refractivity contribution in [3.63, 3.8) is 0 Å². The molecule has 0 aliphatic rings. The van der Waals surface area contributed by atoms with Crippen LogP contribution in [0, 0.1) is 10.1 Å². The van der Waals surface area contributed by atoms with Gasteiger partial charge in [0.2, 0.25) is 0 Å². The highest BCUT2D eigenvalue weighted by Gasteiger charge is 2.14. The van der Waals surface area contributed by atoms with E-state index in [4.69, 9.17) is 9.52 Å². The van der Waals surface area contributed by atoms with Crippen LogP contribution in [-0.2, 0) is 0 Å². The summed E-state index contributed by atoms with van der Waals surface area (Å²) in [5.74, 6) is 0.193. The summed E-state index contributed by atoms with van der Waals surface area (Å²) in [7, 11) is 0. The van der Waals surface area contributed by atoms with Gasteiger partial charge < -0.3 is 14.6 Å². The van der Waals surface area contributed by atoms with E-state index in [1.54, 1.807) is 0 Å². The second-order valence-corrected chi connectivity index (χ2v) is 3.33. The predicted octanol–water partition coefficient (Wildman–Crippen LogP) is 1.37. The third-order valence-electron chi connectivity index (χ3n) is 2.23. The summed E-state index contributed by atoms with van der Waals surface area (Å²) in [6, 6.07) is 5.61. The van der Waals surface area contributed by atoms with Gasteiger partial charge in [-0.3, -0.25) is 10.1 Å². The molecule has 6 nitrogen and oxygen atoms in total. The minimum atomic E-state index is -1.11. The predicted molar refractivity (Wildman–Crippen MR) is 54.9 cm³/mol. The highest BCUT2D eigenvalue weighted by Crippen LogP contribution is 2.26. The van der Waals surface area contributed by atoms with Crippen LogP contribution in [-0.4, -0.2) is 21.7 Å². The molecule has 0 unspecified atom stereocenters. The molecule has 0 saturated carbocycles. The van der Waals surface area contributed by atoms with Crippen molar-refractivity contribution in [1.82, 2.24) is 0 Å². The average Bonchev–Trinajstić information content (AvgIpc) is 2.70. The van der Waals surface area contributed by atoms with Gasteiger partial charge in [-0.25, -0.2) is 0 Å². The van der Waals surface area contributed by atoms with E-state index >= 15 is 0 Å². The Labute approximate surface area is 89.9 Å². The molecular formula is C10H9NO5. The van der Waals surface area contributed by atoms with Gasteiger partial charge in [-0.2, -0.15) is 0 Å². The standard InChI is InChI=1S/C10H9NO5/c12-5-8(13)10-4-6-3-7(11(14)15)1-2-9(6)16-10/h1-4,8,12-13H,5H2/t8-/m1/s1. The lowest BCUT2D eigenvalue weighted by Gasteiger charge is -2.00. The van der Waals surface area contributed by atoms with Gasteiger partial charge in [0.25, 0.3) is 5.69 Å². The SMILES string of the molecule is O=[N+]([O-])c1ccc2oc([C@H](O)CO)cc2c1. The first kappa shape index (κ1) is 10.6. The average molecular weight is 223 g/mol. The number of aliphatic hydroxyl groups is 2. The van der Waals surface area contributed by atoms with Crippen molar-refractivity contribution in [2.45, 2.75) is 6.10 Å². The molecule has 0 bridgehead atoms. The number of aliphatic hydroxyl groups excluding tert-OH is 2. The van der Waals surface area contributed by atoms with Gasteiger partial charge in [-0.15, -0.1) is 0 Å². The normalized spacial score (nSPS) is 12.9. The maximum atomic E-state index is 10.5. The van der Waals surface area contributed by atoms with Crippen molar-refractivity contribution in [2.24, 2.45) is 0 Å². The lowest BCUT2D eigenvalue weighted by molar-refractivity contribution is -0.384. The third kappa shape index (κ3) is 1.75. The number of hydrogen-bond acceptors (Lipinski definition) is 5. The molecule has 0 spiro atoms. The van der Waals surface area contributed by atoms with Crippen LogP contribution < -0.4 is 0 Å². The van der Waals surface area contributed by atoms with Crippen molar-refractivity contribution in [3.8, 4) is 0 Å². The Kier molecular flexibility index (Phi) is 2.59. The smallest absolute Gasteiger partial charge is 0.270 e. The summed E-state index contributed by atoms with van der Waals surface area (Å²) < 4.78 is 5.22. The van der Waals surface area contributed by atoms with Gasteiger partial charge in [0, 0.05) is 17.5 Å². The number of nitro groups is 1. The maximum absolute atomic E-state index is 10.5. The summed E-state index contributed by atoms with van der Waals surface area (Å²) in [4.78, 5) is 10.0. The quantitative estimate of drug-likeness (QED) is 0.605. The Morgan fingerprint density at radius 1 is 1.44 bits per heavy atom. The molecule has 0 radical (unpaired) electrons. The summed E-state index contributed by atoms with van der Waals surface area (Å²) in [6.07, 6.45) is -1.11. The molecule has 0 aliphatic heterocycles. The van der Waals surface area contributed by atoms with E-state index in [2.05, 4.69) is 0 Å². The number of non-ortho nitro benzene ring substituents is 1. The number of benzene rings is 1. The highest BCUT2D eigenvalue weighted by molar-refractivity contribution is 5.80. The van der Waals surface area contributed by atoms with E-state index in [0.29, 0.717) is 11.0 Å². The molecule has 0 fully saturated rings. The van der Waals surface area contributed by atoms with Crippen LogP contribution in [0.25, 0.3) is 11.0 Å². The highest BCUT2D eigenvalue weighted by atomic mass is 16.6. The summed E-state index contributed by atoms with van der Waals surface area (Å²) >= 11 is 0. The molecule has 0 amide bonds. The molecule has 2 aromatic rings. The fourth-order valence-corrected chi connectivity index (χ4v) is 1.42. The molecule has 1 heterocycles. The van der Waals surface area contributed by atoms with Gasteiger partial charge in [0.1, 0.15) is 17.4 Å². The number of fused-ring (bicyclic) bond motifs is 1. The summed E-state index contributed by atoms with van der Waals surface area (Å²) in [5.41, 5.74) is 0.395. The molecule has 1 aromatic carbocycles. The summed E-state index contributed by atoms with van der Waals surface area (Å²) in [5, 5.41) is 29.1. The second kappa shape index (κ2) is 3.92. The zero-order chi connectivity index (χ0) is 11.7. The molecule has 84 valence electrons. The van der Waals surface area contributed by atoms with E-state index in [9.17, 15) is 15.2 Å². The van der Waals surface area contributed by atoms with Gasteiger partial charge in [0.05, 0.1) is 11.5 Å². The van der Waals surface area contributed by atoms with Crippen molar-refractivity contribution in [2.75, 3.05) is 6.61 Å². The topological polar surface area (TPSA) is 96.7 Å². The lowest BCUT2D eigenvalue weighted by atomic mass is 10.2. The number of furan rings is 1. The minimum absolute atomic E-state index is 0.0432. The lowest BCUT2D eigenvalue weighted by Crippen LogP contribution is -1.99. The number of rotatable bonds is 3. The Morgan fingerprint density at radius 3 is 2.81 bits per heavy atom. The monoisotopic (exact) mass is 223 g/mol.